The zero-order chi connectivity index (χ0) is 21.5. The molecule has 0 bridgehead atoms. The molecule has 0 spiro atoms. The lowest BCUT2D eigenvalue weighted by Crippen LogP contribution is -2.54. The average Bonchev–Trinajstić information content (AvgIpc) is 2.53. The van der Waals surface area contributed by atoms with E-state index in [1.54, 1.807) is 57.0 Å². The molecular formula is C19H28N2O7. The van der Waals surface area contributed by atoms with E-state index >= 15 is 0 Å². The predicted octanol–water partition coefficient (Wildman–Crippen LogP) is 1.38. The van der Waals surface area contributed by atoms with Gasteiger partial charge in [-0.25, -0.2) is 9.59 Å². The van der Waals surface area contributed by atoms with E-state index in [0.29, 0.717) is 18.7 Å². The molecule has 0 saturated heterocycles. The molecule has 1 aromatic carbocycles. The number of hydrogen-bond acceptors (Lipinski definition) is 6. The van der Waals surface area contributed by atoms with Gasteiger partial charge in [0, 0.05) is 25.2 Å². The Balaban J connectivity index is 2.81. The first-order valence-corrected chi connectivity index (χ1v) is 8.76. The smallest absolute Gasteiger partial charge is 0.348 e. The van der Waals surface area contributed by atoms with E-state index in [1.165, 1.54) is 0 Å². The van der Waals surface area contributed by atoms with E-state index < -0.39 is 29.1 Å². The number of carbonyl (C=O) groups is 3. The van der Waals surface area contributed by atoms with Gasteiger partial charge in [-0.3, -0.25) is 9.69 Å². The van der Waals surface area contributed by atoms with Gasteiger partial charge < -0.3 is 25.4 Å². The van der Waals surface area contributed by atoms with E-state index in [-0.39, 0.29) is 13.0 Å². The Hall–Kier alpha value is -2.65. The minimum Gasteiger partial charge on any atom is -0.480 e. The van der Waals surface area contributed by atoms with Crippen LogP contribution in [0.2, 0.25) is 0 Å². The van der Waals surface area contributed by atoms with Crippen LogP contribution in [0.3, 0.4) is 0 Å². The third kappa shape index (κ3) is 7.16. The summed E-state index contributed by atoms with van der Waals surface area (Å²) >= 11 is 0. The number of likely N-dealkylation sites (N-methyl/N-ethyl adjacent to an activating group) is 1. The maximum absolute atomic E-state index is 11.7. The van der Waals surface area contributed by atoms with Crippen LogP contribution in [-0.2, 0) is 25.5 Å². The molecule has 0 saturated carbocycles. The van der Waals surface area contributed by atoms with Crippen LogP contribution in [0.5, 0.6) is 0 Å². The summed E-state index contributed by atoms with van der Waals surface area (Å²) in [5.74, 6) is -4.01. The maximum atomic E-state index is 11.7. The second-order valence-corrected chi connectivity index (χ2v) is 7.58. The predicted molar refractivity (Wildman–Crippen MR) is 103 cm³/mol. The summed E-state index contributed by atoms with van der Waals surface area (Å²) in [4.78, 5) is 35.7. The van der Waals surface area contributed by atoms with Crippen LogP contribution in [0, 0.1) is 0 Å². The third-order valence-corrected chi connectivity index (χ3v) is 3.81. The Morgan fingerprint density at radius 3 is 2.00 bits per heavy atom. The van der Waals surface area contributed by atoms with Crippen molar-refractivity contribution in [3.63, 3.8) is 0 Å². The van der Waals surface area contributed by atoms with Gasteiger partial charge >= 0.3 is 17.9 Å². The largest absolute Gasteiger partial charge is 0.480 e. The second-order valence-electron chi connectivity index (χ2n) is 7.58. The van der Waals surface area contributed by atoms with Crippen LogP contribution < -0.4 is 5.32 Å². The molecule has 0 aliphatic heterocycles. The summed E-state index contributed by atoms with van der Waals surface area (Å²) < 4.78 is 5.44. The van der Waals surface area contributed by atoms with Crippen molar-refractivity contribution in [2.75, 3.05) is 32.0 Å². The lowest BCUT2D eigenvalue weighted by molar-refractivity contribution is -0.199. The minimum absolute atomic E-state index is 0.0547. The summed E-state index contributed by atoms with van der Waals surface area (Å²) in [6.07, 6.45) is -0.323. The van der Waals surface area contributed by atoms with Gasteiger partial charge in [-0.05, 0) is 45.5 Å². The number of carboxylic acids is 3. The van der Waals surface area contributed by atoms with Crippen LogP contribution in [0.4, 0.5) is 5.69 Å². The molecule has 9 heteroatoms. The molecule has 0 atom stereocenters. The molecule has 0 heterocycles. The Labute approximate surface area is 163 Å². The zero-order valence-corrected chi connectivity index (χ0v) is 16.6. The summed E-state index contributed by atoms with van der Waals surface area (Å²) in [5.41, 5.74) is -2.09. The first kappa shape index (κ1) is 23.4. The highest BCUT2D eigenvalue weighted by atomic mass is 16.6. The van der Waals surface area contributed by atoms with E-state index in [2.05, 4.69) is 5.32 Å². The van der Waals surface area contributed by atoms with Crippen LogP contribution in [0.1, 0.15) is 26.3 Å². The van der Waals surface area contributed by atoms with Gasteiger partial charge in [-0.15, -0.1) is 0 Å². The minimum atomic E-state index is -2.38. The summed E-state index contributed by atoms with van der Waals surface area (Å²) in [7, 11) is 1.70. The Morgan fingerprint density at radius 1 is 1.04 bits per heavy atom. The zero-order valence-electron chi connectivity index (χ0n) is 16.6. The van der Waals surface area contributed by atoms with Crippen molar-refractivity contribution in [3.8, 4) is 0 Å². The Kier molecular flexibility index (Phi) is 7.95. The Bertz CT molecular complexity index is 681. The first-order chi connectivity index (χ1) is 12.9. The standard InChI is InChI=1S/C19H28N2O7/c1-18(2,3)28-19(16(24)25,17(26)27)11-13-5-7-14(8-6-13)20-9-10-21(4)12-15(22)23/h5-8,20H,9-12H2,1-4H3,(H,22,23)(H,24,25)(H,26,27). The summed E-state index contributed by atoms with van der Waals surface area (Å²) in [6, 6.07) is 6.68. The lowest BCUT2D eigenvalue weighted by Gasteiger charge is -2.33. The number of hydrogen-bond donors (Lipinski definition) is 4. The molecule has 28 heavy (non-hydrogen) atoms. The molecular weight excluding hydrogens is 368 g/mol. The van der Waals surface area contributed by atoms with Crippen LogP contribution >= 0.6 is 0 Å². The molecule has 0 radical (unpaired) electrons. The van der Waals surface area contributed by atoms with Gasteiger partial charge in [0.2, 0.25) is 0 Å². The monoisotopic (exact) mass is 396 g/mol. The molecule has 0 amide bonds. The third-order valence-electron chi connectivity index (χ3n) is 3.81. The van der Waals surface area contributed by atoms with Crippen molar-refractivity contribution in [3.05, 3.63) is 29.8 Å². The molecule has 0 aliphatic rings. The topological polar surface area (TPSA) is 136 Å². The van der Waals surface area contributed by atoms with Crippen LogP contribution in [0.25, 0.3) is 0 Å². The van der Waals surface area contributed by atoms with E-state index in [9.17, 15) is 24.6 Å². The molecule has 0 aromatic heterocycles. The first-order valence-electron chi connectivity index (χ1n) is 8.76. The molecule has 1 aromatic rings. The molecule has 0 fully saturated rings. The van der Waals surface area contributed by atoms with E-state index in [1.807, 2.05) is 0 Å². The van der Waals surface area contributed by atoms with Crippen molar-refractivity contribution in [1.82, 2.24) is 4.90 Å². The summed E-state index contributed by atoms with van der Waals surface area (Å²) in [5, 5.41) is 30.9. The summed E-state index contributed by atoms with van der Waals surface area (Å²) in [6.45, 7) is 5.78. The average molecular weight is 396 g/mol. The number of carboxylic acid groups (broad SMARTS) is 3. The molecule has 9 nitrogen and oxygen atoms in total. The number of benzene rings is 1. The van der Waals surface area contributed by atoms with Crippen molar-refractivity contribution in [1.29, 1.82) is 0 Å². The van der Waals surface area contributed by atoms with Crippen molar-refractivity contribution >= 4 is 23.6 Å². The van der Waals surface area contributed by atoms with Gasteiger partial charge in [0.05, 0.1) is 12.1 Å². The molecule has 0 aliphatic carbocycles. The number of nitrogens with one attached hydrogen (secondary N) is 1. The van der Waals surface area contributed by atoms with E-state index in [0.717, 1.165) is 5.69 Å². The van der Waals surface area contributed by atoms with Gasteiger partial charge in [-0.1, -0.05) is 12.1 Å². The molecule has 1 rings (SSSR count). The number of nitrogens with zero attached hydrogens (tertiary/aromatic N) is 1. The number of ether oxygens (including phenoxy) is 1. The fraction of sp³-hybridized carbons (Fsp3) is 0.526. The highest BCUT2D eigenvalue weighted by molar-refractivity contribution is 6.02. The molecule has 4 N–H and O–H groups in total. The number of anilines is 1. The normalized spacial score (nSPS) is 12.0. The SMILES string of the molecule is CN(CCNc1ccc(CC(OC(C)(C)C)(C(=O)O)C(=O)O)cc1)CC(=O)O. The Morgan fingerprint density at radius 2 is 1.57 bits per heavy atom. The van der Waals surface area contributed by atoms with Crippen molar-refractivity contribution in [2.45, 2.75) is 38.4 Å². The lowest BCUT2D eigenvalue weighted by atomic mass is 9.93. The quantitative estimate of drug-likeness (QED) is 0.409. The molecule has 156 valence electrons. The van der Waals surface area contributed by atoms with Gasteiger partial charge in [0.25, 0.3) is 5.60 Å². The fourth-order valence-electron chi connectivity index (χ4n) is 2.62. The highest BCUT2D eigenvalue weighted by Crippen LogP contribution is 2.26. The molecule has 0 unspecified atom stereocenters. The van der Waals surface area contributed by atoms with Gasteiger partial charge in [0.15, 0.2) is 0 Å². The van der Waals surface area contributed by atoms with Gasteiger partial charge in [-0.2, -0.15) is 0 Å². The fourth-order valence-corrected chi connectivity index (χ4v) is 2.62. The van der Waals surface area contributed by atoms with Crippen LogP contribution in [0.15, 0.2) is 24.3 Å². The van der Waals surface area contributed by atoms with E-state index in [4.69, 9.17) is 9.84 Å². The number of rotatable bonds is 11. The highest BCUT2D eigenvalue weighted by Gasteiger charge is 2.50. The van der Waals surface area contributed by atoms with Crippen molar-refractivity contribution < 1.29 is 34.4 Å². The maximum Gasteiger partial charge on any atom is 0.348 e. The van der Waals surface area contributed by atoms with Crippen LogP contribution in [-0.4, -0.2) is 76.0 Å². The second kappa shape index (κ2) is 9.52. The van der Waals surface area contributed by atoms with Gasteiger partial charge in [0.1, 0.15) is 0 Å². The number of aliphatic carboxylic acids is 3. The van der Waals surface area contributed by atoms with Crippen molar-refractivity contribution in [2.24, 2.45) is 0 Å².